The Balaban J connectivity index is 1.29. The second kappa shape index (κ2) is 18.7. The molecule has 0 saturated heterocycles. The highest BCUT2D eigenvalue weighted by atomic mass is 16.5. The highest BCUT2D eigenvalue weighted by molar-refractivity contribution is 6.01. The van der Waals surface area contributed by atoms with Gasteiger partial charge in [-0.1, -0.05) is 113 Å². The van der Waals surface area contributed by atoms with Crippen LogP contribution >= 0.6 is 0 Å². The maximum absolute atomic E-state index is 13.9. The van der Waals surface area contributed by atoms with Gasteiger partial charge in [-0.05, 0) is 113 Å². The van der Waals surface area contributed by atoms with Gasteiger partial charge in [0, 0.05) is 31.8 Å². The normalized spacial score (nSPS) is 16.7. The molecule has 1 aliphatic heterocycles. The molecule has 1 unspecified atom stereocenters. The van der Waals surface area contributed by atoms with Gasteiger partial charge in [0.1, 0.15) is 12.4 Å². The van der Waals surface area contributed by atoms with Gasteiger partial charge in [0.25, 0.3) is 0 Å². The lowest BCUT2D eigenvalue weighted by molar-refractivity contribution is -0.115. The Kier molecular flexibility index (Phi) is 13.9. The van der Waals surface area contributed by atoms with Crippen LogP contribution in [-0.4, -0.2) is 38.7 Å². The van der Waals surface area contributed by atoms with Crippen molar-refractivity contribution in [3.63, 3.8) is 0 Å². The molecule has 4 heteroatoms. The van der Waals surface area contributed by atoms with Crippen molar-refractivity contribution in [3.05, 3.63) is 119 Å². The van der Waals surface area contributed by atoms with E-state index in [1.165, 1.54) is 24.1 Å². The summed E-state index contributed by atoms with van der Waals surface area (Å²) in [5, 5.41) is 0. The van der Waals surface area contributed by atoms with Gasteiger partial charge >= 0.3 is 0 Å². The number of nitrogens with zero attached hydrogens (tertiary/aromatic N) is 1. The van der Waals surface area contributed by atoms with E-state index in [9.17, 15) is 4.79 Å². The van der Waals surface area contributed by atoms with E-state index in [0.29, 0.717) is 31.5 Å². The SMILES string of the molecule is C=C(CC1=CC=CC1CCC)c1ccc(CC(=O)/C2=C/c3cc(-c4ccc(OCCOCCCC)cc4)ccc3N(CC(C)C)CCC2)cc1. The summed E-state index contributed by atoms with van der Waals surface area (Å²) in [5.74, 6) is 2.13. The average Bonchev–Trinajstić information content (AvgIpc) is 3.54. The quantitative estimate of drug-likeness (QED) is 0.126. The molecule has 50 heavy (non-hydrogen) atoms. The van der Waals surface area contributed by atoms with E-state index in [0.717, 1.165) is 96.5 Å². The number of allylic oxidation sites excluding steroid dienone is 6. The number of anilines is 1. The minimum absolute atomic E-state index is 0.204. The molecule has 0 bridgehead atoms. The molecule has 1 aliphatic carbocycles. The molecule has 1 heterocycles. The van der Waals surface area contributed by atoms with Crippen molar-refractivity contribution in [2.45, 2.75) is 79.1 Å². The van der Waals surface area contributed by atoms with Gasteiger partial charge in [-0.25, -0.2) is 0 Å². The van der Waals surface area contributed by atoms with Gasteiger partial charge in [0.2, 0.25) is 0 Å². The number of carbonyl (C=O) groups is 1. The third-order valence-corrected chi connectivity index (χ3v) is 9.72. The van der Waals surface area contributed by atoms with Crippen LogP contribution in [0.1, 0.15) is 89.3 Å². The van der Waals surface area contributed by atoms with Crippen LogP contribution < -0.4 is 9.64 Å². The first-order valence-electron chi connectivity index (χ1n) is 18.9. The summed E-state index contributed by atoms with van der Waals surface area (Å²) in [6.07, 6.45) is 16.5. The smallest absolute Gasteiger partial charge is 0.163 e. The number of hydrogen-bond donors (Lipinski definition) is 0. The van der Waals surface area contributed by atoms with Crippen molar-refractivity contribution in [2.75, 3.05) is 37.8 Å². The fraction of sp³-hybridized carbons (Fsp3) is 0.413. The molecule has 1 atom stereocenters. The Morgan fingerprint density at radius 3 is 2.44 bits per heavy atom. The molecule has 0 saturated carbocycles. The first-order valence-corrected chi connectivity index (χ1v) is 18.9. The van der Waals surface area contributed by atoms with Crippen molar-refractivity contribution >= 4 is 23.1 Å². The lowest BCUT2D eigenvalue weighted by atomic mass is 9.90. The largest absolute Gasteiger partial charge is 0.491 e. The lowest BCUT2D eigenvalue weighted by Crippen LogP contribution is -2.30. The maximum Gasteiger partial charge on any atom is 0.163 e. The number of ether oxygens (including phenoxy) is 2. The van der Waals surface area contributed by atoms with Crippen molar-refractivity contribution in [2.24, 2.45) is 11.8 Å². The third kappa shape index (κ3) is 10.4. The number of rotatable bonds is 18. The second-order valence-corrected chi connectivity index (χ2v) is 14.3. The minimum Gasteiger partial charge on any atom is -0.491 e. The summed E-state index contributed by atoms with van der Waals surface area (Å²) >= 11 is 0. The van der Waals surface area contributed by atoms with E-state index in [2.05, 4.69) is 118 Å². The zero-order valence-electron chi connectivity index (χ0n) is 30.9. The van der Waals surface area contributed by atoms with Crippen LogP contribution in [0.2, 0.25) is 0 Å². The molecule has 2 aliphatic rings. The molecule has 0 aromatic heterocycles. The topological polar surface area (TPSA) is 38.8 Å². The Labute approximate surface area is 301 Å². The molecule has 0 N–H and O–H groups in total. The highest BCUT2D eigenvalue weighted by Gasteiger charge is 2.20. The Hall–Kier alpha value is -4.15. The van der Waals surface area contributed by atoms with Crippen LogP contribution in [0.3, 0.4) is 0 Å². The summed E-state index contributed by atoms with van der Waals surface area (Å²) in [5.41, 5.74) is 10.3. The predicted molar refractivity (Wildman–Crippen MR) is 212 cm³/mol. The number of unbranched alkanes of at least 4 members (excludes halogenated alkanes) is 1. The summed E-state index contributed by atoms with van der Waals surface area (Å²) in [4.78, 5) is 16.4. The molecule has 3 aromatic carbocycles. The maximum atomic E-state index is 13.9. The molecular weight excluding hydrogens is 615 g/mol. The van der Waals surface area contributed by atoms with E-state index in [4.69, 9.17) is 9.47 Å². The van der Waals surface area contributed by atoms with E-state index >= 15 is 0 Å². The number of benzene rings is 3. The molecule has 0 spiro atoms. The van der Waals surface area contributed by atoms with E-state index in [1.807, 2.05) is 12.1 Å². The van der Waals surface area contributed by atoms with Gasteiger partial charge in [-0.3, -0.25) is 4.79 Å². The summed E-state index contributed by atoms with van der Waals surface area (Å²) in [7, 11) is 0. The molecular formula is C46H57NO3. The van der Waals surface area contributed by atoms with Crippen molar-refractivity contribution in [1.82, 2.24) is 0 Å². The average molecular weight is 672 g/mol. The second-order valence-electron chi connectivity index (χ2n) is 14.3. The number of ketones is 1. The fourth-order valence-corrected chi connectivity index (χ4v) is 6.99. The lowest BCUT2D eigenvalue weighted by Gasteiger charge is -2.30. The van der Waals surface area contributed by atoms with Crippen molar-refractivity contribution in [1.29, 1.82) is 0 Å². The van der Waals surface area contributed by atoms with Crippen LogP contribution in [0.4, 0.5) is 5.69 Å². The number of fused-ring (bicyclic) bond motifs is 1. The van der Waals surface area contributed by atoms with Crippen LogP contribution in [0.25, 0.3) is 22.8 Å². The van der Waals surface area contributed by atoms with Gasteiger partial charge in [-0.15, -0.1) is 0 Å². The number of hydrogen-bond acceptors (Lipinski definition) is 4. The molecule has 0 fully saturated rings. The van der Waals surface area contributed by atoms with Gasteiger partial charge in [0.15, 0.2) is 5.78 Å². The van der Waals surface area contributed by atoms with Gasteiger partial charge < -0.3 is 14.4 Å². The number of carbonyl (C=O) groups excluding carboxylic acids is 1. The van der Waals surface area contributed by atoms with Gasteiger partial charge in [0.05, 0.1) is 6.61 Å². The van der Waals surface area contributed by atoms with Crippen molar-refractivity contribution < 1.29 is 14.3 Å². The molecule has 4 nitrogen and oxygen atoms in total. The van der Waals surface area contributed by atoms with Crippen LogP contribution in [-0.2, 0) is 16.0 Å². The monoisotopic (exact) mass is 671 g/mol. The fourth-order valence-electron chi connectivity index (χ4n) is 6.99. The standard InChI is InChI=1S/C46H57NO3/c1-6-8-26-49-27-28-50-44-22-19-39(20-23-44)41-21-24-45-43(31-41)32-42(14-10-25-47(45)33-34(3)4)46(48)30-36-15-17-37(18-16-36)35(5)29-40-13-9-12-38(40)11-7-2/h9,12-13,15-24,31-32,34,38H,5-8,10-11,14,25-30,33H2,1-4H3/b42-32+. The van der Waals surface area contributed by atoms with Gasteiger partial charge in [-0.2, -0.15) is 0 Å². The molecule has 5 rings (SSSR count). The summed E-state index contributed by atoms with van der Waals surface area (Å²) < 4.78 is 11.5. The van der Waals surface area contributed by atoms with Crippen molar-refractivity contribution in [3.8, 4) is 16.9 Å². The third-order valence-electron chi connectivity index (χ3n) is 9.72. The molecule has 3 aromatic rings. The summed E-state index contributed by atoms with van der Waals surface area (Å²) in [6.45, 7) is 17.2. The van der Waals surface area contributed by atoms with Crippen LogP contribution in [0.15, 0.2) is 103 Å². The van der Waals surface area contributed by atoms with Crippen LogP contribution in [0.5, 0.6) is 5.75 Å². The zero-order chi connectivity index (χ0) is 35.3. The van der Waals surface area contributed by atoms with Crippen LogP contribution in [0, 0.1) is 11.8 Å². The zero-order valence-corrected chi connectivity index (χ0v) is 30.9. The van der Waals surface area contributed by atoms with E-state index in [-0.39, 0.29) is 5.78 Å². The molecule has 264 valence electrons. The molecule has 0 amide bonds. The summed E-state index contributed by atoms with van der Waals surface area (Å²) in [6, 6.07) is 23.5. The predicted octanol–water partition coefficient (Wildman–Crippen LogP) is 11.3. The Morgan fingerprint density at radius 1 is 0.920 bits per heavy atom. The van der Waals surface area contributed by atoms with E-state index in [1.54, 1.807) is 0 Å². The minimum atomic E-state index is 0.204. The first-order chi connectivity index (χ1) is 24.3. The Bertz CT molecular complexity index is 1660. The number of Topliss-reactive ketones (excluding diaryl/α,β-unsaturated/α-hetero) is 1. The highest BCUT2D eigenvalue weighted by Crippen LogP contribution is 2.34. The van der Waals surface area contributed by atoms with E-state index < -0.39 is 0 Å². The Morgan fingerprint density at radius 2 is 1.70 bits per heavy atom. The first kappa shape index (κ1) is 37.1. The molecule has 0 radical (unpaired) electrons.